The van der Waals surface area contributed by atoms with E-state index in [0.717, 1.165) is 11.5 Å². The van der Waals surface area contributed by atoms with E-state index in [2.05, 4.69) is 39.0 Å². The standard InChI is InChI=1S/C14H19Cl/c1-5-11-7-8-12(10(3)4)13(9-11)14(15)6-2/h6-10H,5H2,1-4H3/b14-6+. The third-order valence-corrected chi connectivity index (χ3v) is 3.08. The smallest absolute Gasteiger partial charge is 0.0438 e. The van der Waals surface area contributed by atoms with E-state index in [9.17, 15) is 0 Å². The van der Waals surface area contributed by atoms with E-state index in [1.807, 2.05) is 13.0 Å². The van der Waals surface area contributed by atoms with Crippen molar-refractivity contribution in [1.82, 2.24) is 0 Å². The number of hydrogen-bond donors (Lipinski definition) is 0. The zero-order chi connectivity index (χ0) is 11.4. The summed E-state index contributed by atoms with van der Waals surface area (Å²) in [4.78, 5) is 0. The van der Waals surface area contributed by atoms with Gasteiger partial charge in [-0.15, -0.1) is 0 Å². The van der Waals surface area contributed by atoms with Crippen molar-refractivity contribution >= 4 is 16.6 Å². The zero-order valence-corrected chi connectivity index (χ0v) is 10.7. The minimum Gasteiger partial charge on any atom is -0.0840 e. The molecule has 15 heavy (non-hydrogen) atoms. The van der Waals surface area contributed by atoms with Gasteiger partial charge in [-0.3, -0.25) is 0 Å². The second-order valence-electron chi connectivity index (χ2n) is 4.07. The first-order valence-corrected chi connectivity index (χ1v) is 5.93. The van der Waals surface area contributed by atoms with E-state index < -0.39 is 0 Å². The van der Waals surface area contributed by atoms with Crippen molar-refractivity contribution in [2.75, 3.05) is 0 Å². The molecule has 0 spiro atoms. The Hall–Kier alpha value is -0.750. The highest BCUT2D eigenvalue weighted by molar-refractivity contribution is 6.48. The van der Waals surface area contributed by atoms with E-state index >= 15 is 0 Å². The van der Waals surface area contributed by atoms with Crippen LogP contribution in [0.4, 0.5) is 0 Å². The van der Waals surface area contributed by atoms with Gasteiger partial charge >= 0.3 is 0 Å². The molecule has 0 aromatic heterocycles. The van der Waals surface area contributed by atoms with Crippen LogP contribution in [0.3, 0.4) is 0 Å². The molecule has 1 rings (SSSR count). The molecule has 1 heteroatoms. The average Bonchev–Trinajstić information content (AvgIpc) is 2.26. The molecule has 0 heterocycles. The Morgan fingerprint density at radius 1 is 1.40 bits per heavy atom. The highest BCUT2D eigenvalue weighted by Crippen LogP contribution is 2.29. The van der Waals surface area contributed by atoms with Gasteiger partial charge in [0, 0.05) is 5.03 Å². The van der Waals surface area contributed by atoms with Crippen LogP contribution in [0.15, 0.2) is 24.3 Å². The first kappa shape index (κ1) is 12.3. The van der Waals surface area contributed by atoms with E-state index in [0.29, 0.717) is 5.92 Å². The van der Waals surface area contributed by atoms with Crippen molar-refractivity contribution in [3.63, 3.8) is 0 Å². The summed E-state index contributed by atoms with van der Waals surface area (Å²) < 4.78 is 0. The average molecular weight is 223 g/mol. The highest BCUT2D eigenvalue weighted by Gasteiger charge is 2.09. The predicted octanol–water partition coefficient (Wildman–Crippen LogP) is 4.97. The summed E-state index contributed by atoms with van der Waals surface area (Å²) in [6.07, 6.45) is 3.02. The van der Waals surface area contributed by atoms with Crippen molar-refractivity contribution in [2.24, 2.45) is 0 Å². The van der Waals surface area contributed by atoms with Gasteiger partial charge < -0.3 is 0 Å². The maximum atomic E-state index is 6.23. The van der Waals surface area contributed by atoms with Crippen LogP contribution >= 0.6 is 11.6 Å². The van der Waals surface area contributed by atoms with Crippen LogP contribution in [-0.2, 0) is 6.42 Å². The van der Waals surface area contributed by atoms with Gasteiger partial charge in [0.05, 0.1) is 0 Å². The number of aryl methyl sites for hydroxylation is 1. The molecule has 1 aromatic rings. The van der Waals surface area contributed by atoms with E-state index in [-0.39, 0.29) is 0 Å². The van der Waals surface area contributed by atoms with E-state index in [4.69, 9.17) is 11.6 Å². The van der Waals surface area contributed by atoms with Crippen LogP contribution in [0, 0.1) is 0 Å². The molecule has 0 atom stereocenters. The molecule has 0 radical (unpaired) electrons. The van der Waals surface area contributed by atoms with Gasteiger partial charge in [0.2, 0.25) is 0 Å². The second-order valence-corrected chi connectivity index (χ2v) is 4.47. The van der Waals surface area contributed by atoms with Crippen LogP contribution in [0.25, 0.3) is 5.03 Å². The fourth-order valence-corrected chi connectivity index (χ4v) is 1.85. The molecule has 0 nitrogen and oxygen atoms in total. The summed E-state index contributed by atoms with van der Waals surface area (Å²) in [6, 6.07) is 6.60. The molecule has 0 fully saturated rings. The van der Waals surface area contributed by atoms with Crippen molar-refractivity contribution in [3.05, 3.63) is 41.0 Å². The quantitative estimate of drug-likeness (QED) is 0.677. The third-order valence-electron chi connectivity index (χ3n) is 2.66. The molecule has 1 aromatic carbocycles. The molecule has 0 saturated carbocycles. The van der Waals surface area contributed by atoms with Crippen molar-refractivity contribution in [1.29, 1.82) is 0 Å². The van der Waals surface area contributed by atoms with E-state index in [1.54, 1.807) is 0 Å². The Kier molecular flexibility index (Phi) is 4.41. The highest BCUT2D eigenvalue weighted by atomic mass is 35.5. The minimum absolute atomic E-state index is 0.514. The first-order chi connectivity index (χ1) is 7.10. The Balaban J connectivity index is 3.29. The van der Waals surface area contributed by atoms with Crippen LogP contribution < -0.4 is 0 Å². The maximum Gasteiger partial charge on any atom is 0.0438 e. The molecule has 0 N–H and O–H groups in total. The van der Waals surface area contributed by atoms with Gasteiger partial charge in [-0.1, -0.05) is 56.6 Å². The Bertz CT molecular complexity index is 362. The summed E-state index contributed by atoms with van der Waals surface area (Å²) >= 11 is 6.23. The molecule has 82 valence electrons. The van der Waals surface area contributed by atoms with Crippen molar-refractivity contribution in [2.45, 2.75) is 40.0 Å². The fourth-order valence-electron chi connectivity index (χ4n) is 1.69. The largest absolute Gasteiger partial charge is 0.0840 e. The van der Waals surface area contributed by atoms with Crippen LogP contribution in [0.5, 0.6) is 0 Å². The number of hydrogen-bond acceptors (Lipinski definition) is 0. The summed E-state index contributed by atoms with van der Waals surface area (Å²) in [5.74, 6) is 0.514. The predicted molar refractivity (Wildman–Crippen MR) is 69.4 cm³/mol. The van der Waals surface area contributed by atoms with Gasteiger partial charge in [-0.2, -0.15) is 0 Å². The van der Waals surface area contributed by atoms with E-state index in [1.165, 1.54) is 16.7 Å². The summed E-state index contributed by atoms with van der Waals surface area (Å²) in [5, 5.41) is 0.856. The molecule has 0 saturated heterocycles. The van der Waals surface area contributed by atoms with Gasteiger partial charge in [-0.25, -0.2) is 0 Å². The lowest BCUT2D eigenvalue weighted by Crippen LogP contribution is -1.95. The molecule has 0 aliphatic rings. The van der Waals surface area contributed by atoms with Gasteiger partial charge in [0.1, 0.15) is 0 Å². The lowest BCUT2D eigenvalue weighted by atomic mass is 9.94. The van der Waals surface area contributed by atoms with Crippen molar-refractivity contribution < 1.29 is 0 Å². The molecular weight excluding hydrogens is 204 g/mol. The topological polar surface area (TPSA) is 0 Å². The van der Waals surface area contributed by atoms with Gasteiger partial charge in [0.15, 0.2) is 0 Å². The molecular formula is C14H19Cl. The van der Waals surface area contributed by atoms with Crippen LogP contribution in [0.2, 0.25) is 0 Å². The van der Waals surface area contributed by atoms with Crippen LogP contribution in [-0.4, -0.2) is 0 Å². The Morgan fingerprint density at radius 3 is 2.53 bits per heavy atom. The summed E-state index contributed by atoms with van der Waals surface area (Å²) in [5.41, 5.74) is 3.86. The molecule has 0 aliphatic carbocycles. The zero-order valence-electron chi connectivity index (χ0n) is 9.97. The maximum absolute atomic E-state index is 6.23. The normalized spacial score (nSPS) is 12.3. The molecule has 0 amide bonds. The number of benzene rings is 1. The summed E-state index contributed by atoms with van der Waals surface area (Å²) in [6.45, 7) is 8.54. The lowest BCUT2D eigenvalue weighted by Gasteiger charge is -2.13. The van der Waals surface area contributed by atoms with Crippen LogP contribution in [0.1, 0.15) is 50.3 Å². The monoisotopic (exact) mass is 222 g/mol. The second kappa shape index (κ2) is 5.37. The summed E-state index contributed by atoms with van der Waals surface area (Å²) in [7, 11) is 0. The fraction of sp³-hybridized carbons (Fsp3) is 0.429. The molecule has 0 bridgehead atoms. The minimum atomic E-state index is 0.514. The number of allylic oxidation sites excluding steroid dienone is 1. The number of rotatable bonds is 3. The molecule has 0 unspecified atom stereocenters. The SMILES string of the molecule is C/C=C(/Cl)c1cc(CC)ccc1C(C)C. The van der Waals surface area contributed by atoms with Gasteiger partial charge in [0.25, 0.3) is 0 Å². The number of halogens is 1. The molecule has 0 aliphatic heterocycles. The van der Waals surface area contributed by atoms with Gasteiger partial charge in [-0.05, 0) is 36.0 Å². The Morgan fingerprint density at radius 2 is 2.07 bits per heavy atom. The first-order valence-electron chi connectivity index (χ1n) is 5.55. The lowest BCUT2D eigenvalue weighted by molar-refractivity contribution is 0.861. The Labute approximate surface area is 98.0 Å². The third kappa shape index (κ3) is 2.85. The van der Waals surface area contributed by atoms with Crippen molar-refractivity contribution in [3.8, 4) is 0 Å².